The van der Waals surface area contributed by atoms with E-state index in [4.69, 9.17) is 14.6 Å². The molecule has 0 aliphatic carbocycles. The highest BCUT2D eigenvalue weighted by Crippen LogP contribution is 2.36. The summed E-state index contributed by atoms with van der Waals surface area (Å²) in [6, 6.07) is 9.98. The minimum Gasteiger partial charge on any atom is -0.465 e. The van der Waals surface area contributed by atoms with Crippen molar-refractivity contribution in [2.24, 2.45) is 5.41 Å². The predicted octanol–water partition coefficient (Wildman–Crippen LogP) is 1.91. The lowest BCUT2D eigenvalue weighted by atomic mass is 9.81. The third-order valence-electron chi connectivity index (χ3n) is 3.59. The normalized spacial score (nSPS) is 22.5. The monoisotopic (exact) mass is 264 g/mol. The summed E-state index contributed by atoms with van der Waals surface area (Å²) in [5.41, 5.74) is 0.903. The third kappa shape index (κ3) is 4.04. The quantitative estimate of drug-likeness (QED) is 0.604. The summed E-state index contributed by atoms with van der Waals surface area (Å²) in [5.74, 6) is -0.170. The molecule has 0 radical (unpaired) electrons. The summed E-state index contributed by atoms with van der Waals surface area (Å²) in [6.07, 6.45) is 1.72. The second kappa shape index (κ2) is 6.68. The molecule has 0 spiro atoms. The second-order valence-electron chi connectivity index (χ2n) is 5.10. The van der Waals surface area contributed by atoms with E-state index in [2.05, 4.69) is 0 Å². The van der Waals surface area contributed by atoms with Crippen molar-refractivity contribution < 1.29 is 19.4 Å². The van der Waals surface area contributed by atoms with Gasteiger partial charge in [0.2, 0.25) is 0 Å². The average molecular weight is 264 g/mol. The van der Waals surface area contributed by atoms with E-state index in [-0.39, 0.29) is 18.0 Å². The van der Waals surface area contributed by atoms with Gasteiger partial charge in [-0.05, 0) is 18.4 Å². The Hall–Kier alpha value is -1.39. The van der Waals surface area contributed by atoms with Gasteiger partial charge in [0.25, 0.3) is 0 Å². The molecule has 104 valence electrons. The number of rotatable bonds is 7. The Bertz CT molecular complexity index is 404. The van der Waals surface area contributed by atoms with E-state index in [1.807, 2.05) is 30.3 Å². The number of aliphatic hydroxyl groups excluding tert-OH is 1. The van der Waals surface area contributed by atoms with Crippen LogP contribution in [0, 0.1) is 5.41 Å². The molecular formula is C15H20O4. The van der Waals surface area contributed by atoms with Crippen LogP contribution in [-0.2, 0) is 20.9 Å². The SMILES string of the molecule is O=C1C[C@](CCO)(CCOCc2ccccc2)CO1. The molecule has 1 fully saturated rings. The van der Waals surface area contributed by atoms with Gasteiger partial charge < -0.3 is 14.6 Å². The minimum absolute atomic E-state index is 0.0787. The summed E-state index contributed by atoms with van der Waals surface area (Å²) < 4.78 is 10.7. The number of hydrogen-bond donors (Lipinski definition) is 1. The predicted molar refractivity (Wildman–Crippen MR) is 70.4 cm³/mol. The lowest BCUT2D eigenvalue weighted by Gasteiger charge is -2.24. The Morgan fingerprint density at radius 2 is 2.05 bits per heavy atom. The molecule has 0 unspecified atom stereocenters. The van der Waals surface area contributed by atoms with Crippen molar-refractivity contribution in [1.82, 2.24) is 0 Å². The maximum absolute atomic E-state index is 11.2. The largest absolute Gasteiger partial charge is 0.465 e. The van der Waals surface area contributed by atoms with E-state index in [1.165, 1.54) is 0 Å². The molecule has 1 aromatic carbocycles. The van der Waals surface area contributed by atoms with Crippen LogP contribution in [0.15, 0.2) is 30.3 Å². The molecule has 0 saturated carbocycles. The van der Waals surface area contributed by atoms with Gasteiger partial charge in [-0.3, -0.25) is 4.79 Å². The molecular weight excluding hydrogens is 244 g/mol. The maximum atomic E-state index is 11.2. The summed E-state index contributed by atoms with van der Waals surface area (Å²) in [5, 5.41) is 9.11. The number of carbonyl (C=O) groups excluding carboxylic acids is 1. The van der Waals surface area contributed by atoms with Crippen molar-refractivity contribution in [3.63, 3.8) is 0 Å². The van der Waals surface area contributed by atoms with Gasteiger partial charge in [0.1, 0.15) is 0 Å². The number of aliphatic hydroxyl groups is 1. The van der Waals surface area contributed by atoms with Gasteiger partial charge >= 0.3 is 5.97 Å². The van der Waals surface area contributed by atoms with E-state index in [9.17, 15) is 4.79 Å². The van der Waals surface area contributed by atoms with Crippen LogP contribution in [0.2, 0.25) is 0 Å². The first-order valence-corrected chi connectivity index (χ1v) is 6.62. The molecule has 2 rings (SSSR count). The number of ether oxygens (including phenoxy) is 2. The lowest BCUT2D eigenvalue weighted by molar-refractivity contribution is -0.137. The number of hydrogen-bond acceptors (Lipinski definition) is 4. The van der Waals surface area contributed by atoms with Gasteiger partial charge in [0, 0.05) is 18.6 Å². The fourth-order valence-electron chi connectivity index (χ4n) is 2.38. The van der Waals surface area contributed by atoms with Gasteiger partial charge in [-0.2, -0.15) is 0 Å². The fourth-order valence-corrected chi connectivity index (χ4v) is 2.38. The standard InChI is InChI=1S/C15H20O4/c16-8-6-15(10-14(17)19-12-15)7-9-18-11-13-4-2-1-3-5-13/h1-5,16H,6-12H2/t15-/m0/s1. The Morgan fingerprint density at radius 3 is 2.68 bits per heavy atom. The molecule has 1 aliphatic rings. The molecule has 1 saturated heterocycles. The molecule has 1 aromatic rings. The highest BCUT2D eigenvalue weighted by atomic mass is 16.5. The van der Waals surface area contributed by atoms with Crippen molar-refractivity contribution in [3.05, 3.63) is 35.9 Å². The first-order valence-electron chi connectivity index (χ1n) is 6.62. The molecule has 1 N–H and O–H groups in total. The summed E-state index contributed by atoms with van der Waals surface area (Å²) in [7, 11) is 0. The maximum Gasteiger partial charge on any atom is 0.306 e. The van der Waals surface area contributed by atoms with Gasteiger partial charge in [-0.1, -0.05) is 30.3 Å². The van der Waals surface area contributed by atoms with Crippen LogP contribution in [0.4, 0.5) is 0 Å². The van der Waals surface area contributed by atoms with Crippen molar-refractivity contribution in [1.29, 1.82) is 0 Å². The second-order valence-corrected chi connectivity index (χ2v) is 5.10. The molecule has 4 nitrogen and oxygen atoms in total. The Kier molecular flexibility index (Phi) is 4.93. The van der Waals surface area contributed by atoms with Crippen LogP contribution in [0.1, 0.15) is 24.8 Å². The number of esters is 1. The van der Waals surface area contributed by atoms with Crippen molar-refractivity contribution in [3.8, 4) is 0 Å². The Morgan fingerprint density at radius 1 is 1.26 bits per heavy atom. The van der Waals surface area contributed by atoms with E-state index in [0.29, 0.717) is 32.7 Å². The topological polar surface area (TPSA) is 55.8 Å². The van der Waals surface area contributed by atoms with Crippen molar-refractivity contribution in [2.45, 2.75) is 25.9 Å². The third-order valence-corrected chi connectivity index (χ3v) is 3.59. The van der Waals surface area contributed by atoms with E-state index in [1.54, 1.807) is 0 Å². The van der Waals surface area contributed by atoms with Crippen molar-refractivity contribution >= 4 is 5.97 Å². The smallest absolute Gasteiger partial charge is 0.306 e. The van der Waals surface area contributed by atoms with E-state index >= 15 is 0 Å². The van der Waals surface area contributed by atoms with Crippen LogP contribution in [0.25, 0.3) is 0 Å². The van der Waals surface area contributed by atoms with Gasteiger partial charge in [-0.15, -0.1) is 0 Å². The molecule has 0 aromatic heterocycles. The fraction of sp³-hybridized carbons (Fsp3) is 0.533. The molecule has 1 heterocycles. The van der Waals surface area contributed by atoms with Crippen molar-refractivity contribution in [2.75, 3.05) is 19.8 Å². The zero-order valence-corrected chi connectivity index (χ0v) is 11.0. The van der Waals surface area contributed by atoms with Crippen LogP contribution >= 0.6 is 0 Å². The van der Waals surface area contributed by atoms with E-state index in [0.717, 1.165) is 12.0 Å². The number of cyclic esters (lactones) is 1. The highest BCUT2D eigenvalue weighted by molar-refractivity contribution is 5.72. The van der Waals surface area contributed by atoms with Gasteiger partial charge in [-0.25, -0.2) is 0 Å². The molecule has 0 bridgehead atoms. The first-order chi connectivity index (χ1) is 9.24. The highest BCUT2D eigenvalue weighted by Gasteiger charge is 2.39. The molecule has 4 heteroatoms. The molecule has 19 heavy (non-hydrogen) atoms. The van der Waals surface area contributed by atoms with Crippen LogP contribution in [0.3, 0.4) is 0 Å². The zero-order chi connectivity index (χ0) is 13.6. The Labute approximate surface area is 113 Å². The average Bonchev–Trinajstić information content (AvgIpc) is 2.78. The van der Waals surface area contributed by atoms with Crippen LogP contribution in [-0.4, -0.2) is 30.9 Å². The van der Waals surface area contributed by atoms with Gasteiger partial charge in [0.05, 0.1) is 19.6 Å². The van der Waals surface area contributed by atoms with Crippen LogP contribution < -0.4 is 0 Å². The minimum atomic E-state index is -0.234. The summed E-state index contributed by atoms with van der Waals surface area (Å²) in [6.45, 7) is 1.63. The van der Waals surface area contributed by atoms with Crippen LogP contribution in [0.5, 0.6) is 0 Å². The molecule has 1 atom stereocenters. The molecule has 0 amide bonds. The summed E-state index contributed by atoms with van der Waals surface area (Å²) in [4.78, 5) is 11.2. The summed E-state index contributed by atoms with van der Waals surface area (Å²) >= 11 is 0. The van der Waals surface area contributed by atoms with Gasteiger partial charge in [0.15, 0.2) is 0 Å². The van der Waals surface area contributed by atoms with E-state index < -0.39 is 0 Å². The Balaban J connectivity index is 1.75. The first kappa shape index (κ1) is 14.0. The lowest BCUT2D eigenvalue weighted by Crippen LogP contribution is -2.24. The number of benzene rings is 1. The number of carbonyl (C=O) groups is 1. The zero-order valence-electron chi connectivity index (χ0n) is 11.0. The molecule has 1 aliphatic heterocycles.